The smallest absolute Gasteiger partial charge is 0.247 e. The molecule has 2 aromatic carbocycles. The summed E-state index contributed by atoms with van der Waals surface area (Å²) in [6, 6.07) is 9.15. The van der Waals surface area contributed by atoms with Crippen LogP contribution in [0.3, 0.4) is 0 Å². The molecule has 0 spiro atoms. The first-order chi connectivity index (χ1) is 14.5. The minimum atomic E-state index is -0.0360. The molecule has 1 aromatic heterocycles. The number of furan rings is 1. The Labute approximate surface area is 184 Å². The van der Waals surface area contributed by atoms with Crippen LogP contribution in [-0.4, -0.2) is 44.2 Å². The number of fused-ring (bicyclic) bond motifs is 1. The van der Waals surface area contributed by atoms with E-state index in [2.05, 4.69) is 0 Å². The fourth-order valence-corrected chi connectivity index (χ4v) is 4.10. The minimum absolute atomic E-state index is 0.0360. The third-order valence-electron chi connectivity index (χ3n) is 5.20. The highest BCUT2D eigenvalue weighted by atomic mass is 35.5. The van der Waals surface area contributed by atoms with Crippen LogP contribution >= 0.6 is 23.2 Å². The van der Waals surface area contributed by atoms with Crippen LogP contribution in [0.5, 0.6) is 5.75 Å². The maximum atomic E-state index is 12.7. The largest absolute Gasteiger partial charge is 0.496 e. The summed E-state index contributed by atoms with van der Waals surface area (Å²) in [6.07, 6.45) is 3.31. The predicted octanol–water partition coefficient (Wildman–Crippen LogP) is 5.68. The van der Waals surface area contributed by atoms with E-state index < -0.39 is 0 Å². The number of carbonyl (C=O) groups excluding carboxylic acids is 1. The molecule has 1 aliphatic rings. The monoisotopic (exact) mass is 445 g/mol. The van der Waals surface area contributed by atoms with Gasteiger partial charge in [0.2, 0.25) is 5.91 Å². The van der Waals surface area contributed by atoms with Crippen molar-refractivity contribution in [1.82, 2.24) is 4.90 Å². The fourth-order valence-electron chi connectivity index (χ4n) is 3.59. The van der Waals surface area contributed by atoms with Gasteiger partial charge in [-0.2, -0.15) is 0 Å². The van der Waals surface area contributed by atoms with E-state index in [0.29, 0.717) is 47.7 Å². The topological polar surface area (TPSA) is 51.9 Å². The van der Waals surface area contributed by atoms with Gasteiger partial charge in [-0.05, 0) is 30.7 Å². The number of rotatable bonds is 4. The Bertz CT molecular complexity index is 1130. The normalized spacial score (nSPS) is 14.9. The molecule has 1 amide bonds. The van der Waals surface area contributed by atoms with Crippen molar-refractivity contribution in [3.8, 4) is 16.9 Å². The Morgan fingerprint density at radius 2 is 1.90 bits per heavy atom. The Morgan fingerprint density at radius 1 is 1.13 bits per heavy atom. The number of methoxy groups -OCH3 is 1. The summed E-state index contributed by atoms with van der Waals surface area (Å²) in [4.78, 5) is 14.5. The van der Waals surface area contributed by atoms with Crippen LogP contribution in [0.15, 0.2) is 47.1 Å². The van der Waals surface area contributed by atoms with E-state index in [1.54, 1.807) is 36.5 Å². The molecule has 1 saturated heterocycles. The lowest BCUT2D eigenvalue weighted by Gasteiger charge is -2.26. The van der Waals surface area contributed by atoms with Gasteiger partial charge >= 0.3 is 0 Å². The average Bonchev–Trinajstić information content (AvgIpc) is 3.16. The molecule has 0 N–H and O–H groups in total. The molecule has 156 valence electrons. The van der Waals surface area contributed by atoms with Gasteiger partial charge in [-0.15, -0.1) is 0 Å². The number of benzene rings is 2. The summed E-state index contributed by atoms with van der Waals surface area (Å²) < 4.78 is 16.7. The highest BCUT2D eigenvalue weighted by Crippen LogP contribution is 2.40. The van der Waals surface area contributed by atoms with Gasteiger partial charge in [0, 0.05) is 52.3 Å². The Hall–Kier alpha value is -2.47. The molecular formula is C23H21Cl2NO4. The van der Waals surface area contributed by atoms with Gasteiger partial charge in [-0.1, -0.05) is 29.3 Å². The molecule has 2 heterocycles. The summed E-state index contributed by atoms with van der Waals surface area (Å²) in [7, 11) is 1.60. The van der Waals surface area contributed by atoms with Crippen molar-refractivity contribution in [2.24, 2.45) is 0 Å². The first-order valence-electron chi connectivity index (χ1n) is 9.58. The van der Waals surface area contributed by atoms with E-state index in [9.17, 15) is 4.79 Å². The number of ether oxygens (including phenoxy) is 2. The SMILES string of the molecule is COc1cc2occ(-c3ccc(Cl)cc3Cl)c2cc1/C(C)=C/C(=O)N1CCOCC1. The van der Waals surface area contributed by atoms with Gasteiger partial charge in [0.05, 0.1) is 31.6 Å². The Kier molecular flexibility index (Phi) is 6.04. The van der Waals surface area contributed by atoms with Gasteiger partial charge in [0.15, 0.2) is 0 Å². The van der Waals surface area contributed by atoms with E-state index in [4.69, 9.17) is 37.1 Å². The third kappa shape index (κ3) is 4.06. The third-order valence-corrected chi connectivity index (χ3v) is 5.75. The van der Waals surface area contributed by atoms with Crippen molar-refractivity contribution < 1.29 is 18.7 Å². The number of halogens is 2. The summed E-state index contributed by atoms with van der Waals surface area (Å²) in [6.45, 7) is 4.22. The molecule has 0 saturated carbocycles. The first kappa shape index (κ1) is 20.8. The molecule has 0 atom stereocenters. The van der Waals surface area contributed by atoms with Crippen LogP contribution in [0.4, 0.5) is 0 Å². The lowest BCUT2D eigenvalue weighted by molar-refractivity contribution is -0.129. The summed E-state index contributed by atoms with van der Waals surface area (Å²) in [5.74, 6) is 0.597. The average molecular weight is 446 g/mol. The van der Waals surface area contributed by atoms with Crippen LogP contribution in [-0.2, 0) is 9.53 Å². The van der Waals surface area contributed by atoms with Crippen molar-refractivity contribution in [3.63, 3.8) is 0 Å². The summed E-state index contributed by atoms with van der Waals surface area (Å²) in [5, 5.41) is 1.98. The quantitative estimate of drug-likeness (QED) is 0.484. The van der Waals surface area contributed by atoms with Crippen molar-refractivity contribution in [1.29, 1.82) is 0 Å². The highest BCUT2D eigenvalue weighted by molar-refractivity contribution is 6.36. The maximum absolute atomic E-state index is 12.7. The number of hydrogen-bond donors (Lipinski definition) is 0. The van der Waals surface area contributed by atoms with Crippen LogP contribution in [0.2, 0.25) is 10.0 Å². The van der Waals surface area contributed by atoms with E-state index in [1.807, 2.05) is 25.1 Å². The summed E-state index contributed by atoms with van der Waals surface area (Å²) >= 11 is 12.5. The Morgan fingerprint density at radius 3 is 2.60 bits per heavy atom. The molecule has 0 unspecified atom stereocenters. The lowest BCUT2D eigenvalue weighted by atomic mass is 9.99. The van der Waals surface area contributed by atoms with Crippen molar-refractivity contribution >= 4 is 45.7 Å². The lowest BCUT2D eigenvalue weighted by Crippen LogP contribution is -2.39. The predicted molar refractivity (Wildman–Crippen MR) is 119 cm³/mol. The van der Waals surface area contributed by atoms with E-state index in [1.165, 1.54) is 0 Å². The van der Waals surface area contributed by atoms with Gasteiger partial charge in [0.25, 0.3) is 0 Å². The first-order valence-corrected chi connectivity index (χ1v) is 10.3. The van der Waals surface area contributed by atoms with Crippen LogP contribution < -0.4 is 4.74 Å². The maximum Gasteiger partial charge on any atom is 0.247 e. The second-order valence-electron chi connectivity index (χ2n) is 7.09. The van der Waals surface area contributed by atoms with Crippen molar-refractivity contribution in [2.45, 2.75) is 6.92 Å². The molecule has 1 fully saturated rings. The van der Waals surface area contributed by atoms with E-state index >= 15 is 0 Å². The molecule has 1 aliphatic heterocycles. The van der Waals surface area contributed by atoms with Gasteiger partial charge in [-0.25, -0.2) is 0 Å². The number of carbonyl (C=O) groups is 1. The van der Waals surface area contributed by atoms with Crippen molar-refractivity contribution in [3.05, 3.63) is 58.3 Å². The minimum Gasteiger partial charge on any atom is -0.496 e. The van der Waals surface area contributed by atoms with Gasteiger partial charge < -0.3 is 18.8 Å². The van der Waals surface area contributed by atoms with Crippen molar-refractivity contribution in [2.75, 3.05) is 33.4 Å². The van der Waals surface area contributed by atoms with Crippen LogP contribution in [0, 0.1) is 0 Å². The summed E-state index contributed by atoms with van der Waals surface area (Å²) in [5.41, 5.74) is 3.97. The number of allylic oxidation sites excluding steroid dienone is 1. The zero-order valence-corrected chi connectivity index (χ0v) is 18.2. The van der Waals surface area contributed by atoms with E-state index in [0.717, 1.165) is 27.6 Å². The van der Waals surface area contributed by atoms with Crippen LogP contribution in [0.1, 0.15) is 12.5 Å². The van der Waals surface area contributed by atoms with E-state index in [-0.39, 0.29) is 5.91 Å². The number of nitrogens with zero attached hydrogens (tertiary/aromatic N) is 1. The Balaban J connectivity index is 1.77. The molecule has 30 heavy (non-hydrogen) atoms. The number of amides is 1. The molecule has 0 bridgehead atoms. The fraction of sp³-hybridized carbons (Fsp3) is 0.261. The second kappa shape index (κ2) is 8.72. The molecule has 4 rings (SSSR count). The molecule has 5 nitrogen and oxygen atoms in total. The zero-order chi connectivity index (χ0) is 21.3. The molecular weight excluding hydrogens is 425 g/mol. The van der Waals surface area contributed by atoms with Crippen LogP contribution in [0.25, 0.3) is 27.7 Å². The molecule has 7 heteroatoms. The highest BCUT2D eigenvalue weighted by Gasteiger charge is 2.18. The number of morpholine rings is 1. The number of hydrogen-bond acceptors (Lipinski definition) is 4. The van der Waals surface area contributed by atoms with Gasteiger partial charge in [-0.3, -0.25) is 4.79 Å². The zero-order valence-electron chi connectivity index (χ0n) is 16.7. The molecule has 0 radical (unpaired) electrons. The molecule has 0 aliphatic carbocycles. The van der Waals surface area contributed by atoms with Gasteiger partial charge in [0.1, 0.15) is 11.3 Å². The standard InChI is InChI=1S/C23H21Cl2NO4/c1-14(9-23(27)26-5-7-29-8-6-26)17-11-18-19(13-30-22(18)12-21(17)28-2)16-4-3-15(24)10-20(16)25/h3-4,9-13H,5-8H2,1-2H3/b14-9+. The second-order valence-corrected chi connectivity index (χ2v) is 7.93. The molecule has 3 aromatic rings.